The third-order valence-electron chi connectivity index (χ3n) is 1.71. The van der Waals surface area contributed by atoms with Gasteiger partial charge in [-0.3, -0.25) is 5.32 Å². The van der Waals surface area contributed by atoms with E-state index in [0.717, 1.165) is 17.1 Å². The van der Waals surface area contributed by atoms with Gasteiger partial charge in [0, 0.05) is 6.07 Å². The summed E-state index contributed by atoms with van der Waals surface area (Å²) in [5.74, 6) is 0.840. The van der Waals surface area contributed by atoms with E-state index in [4.69, 9.17) is 20.1 Å². The van der Waals surface area contributed by atoms with Gasteiger partial charge in [-0.05, 0) is 6.07 Å². The maximum absolute atomic E-state index is 8.25. The lowest BCUT2D eigenvalue weighted by atomic mass is 10.2. The number of rotatable bonds is 1. The van der Waals surface area contributed by atoms with Crippen LogP contribution >= 0.6 is 0 Å². The largest absolute Gasteiger partial charge is 0.494 e. The molecule has 0 bridgehead atoms. The highest BCUT2D eigenvalue weighted by atomic mass is 16.9. The Morgan fingerprint density at radius 2 is 2.13 bits per heavy atom. The molecule has 7 nitrogen and oxygen atoms in total. The fraction of sp³-hybridized carbons (Fsp3) is 0.125. The maximum Gasteiger partial charge on any atom is 0.192 e. The minimum absolute atomic E-state index is 0.840. The molecular weight excluding hydrogens is 202 g/mol. The van der Waals surface area contributed by atoms with Gasteiger partial charge in [-0.15, -0.1) is 0 Å². The Balaban J connectivity index is 0.000000245. The Kier molecular flexibility index (Phi) is 3.58. The zero-order valence-electron chi connectivity index (χ0n) is 7.91. The molecule has 0 saturated heterocycles. The van der Waals surface area contributed by atoms with E-state index < -0.39 is 5.09 Å². The van der Waals surface area contributed by atoms with Gasteiger partial charge in [-0.2, -0.15) is 4.99 Å². The number of ether oxygens (including phenoxy) is 1. The lowest BCUT2D eigenvalue weighted by molar-refractivity contribution is -0.427. The molecule has 0 aromatic heterocycles. The van der Waals surface area contributed by atoms with Crippen LogP contribution in [0.1, 0.15) is 0 Å². The van der Waals surface area contributed by atoms with E-state index in [1.807, 2.05) is 23.5 Å². The number of methoxy groups -OCH3 is 1. The normalized spacial score (nSPS) is 11.3. The highest BCUT2D eigenvalue weighted by Crippen LogP contribution is 2.33. The SMILES string of the molecule is COc1cccc2c1N=C[NH2+]2.O=[N+]([O-])[O-]. The predicted octanol–water partition coefficient (Wildman–Crippen LogP) is 0.324. The fourth-order valence-electron chi connectivity index (χ4n) is 1.17. The van der Waals surface area contributed by atoms with Gasteiger partial charge in [0.2, 0.25) is 0 Å². The number of para-hydroxylation sites is 1. The van der Waals surface area contributed by atoms with E-state index in [1.54, 1.807) is 13.4 Å². The molecule has 2 rings (SSSR count). The molecule has 0 atom stereocenters. The highest BCUT2D eigenvalue weighted by Gasteiger charge is 2.14. The van der Waals surface area contributed by atoms with E-state index in [0.29, 0.717) is 0 Å². The zero-order valence-corrected chi connectivity index (χ0v) is 7.91. The Labute approximate surface area is 85.1 Å². The van der Waals surface area contributed by atoms with Crippen LogP contribution in [0.4, 0.5) is 11.4 Å². The summed E-state index contributed by atoms with van der Waals surface area (Å²) in [6, 6.07) is 5.89. The third kappa shape index (κ3) is 2.92. The van der Waals surface area contributed by atoms with Crippen LogP contribution in [0.25, 0.3) is 0 Å². The van der Waals surface area contributed by atoms with Gasteiger partial charge in [-0.1, -0.05) is 6.07 Å². The van der Waals surface area contributed by atoms with E-state index in [2.05, 4.69) is 4.99 Å². The lowest BCUT2D eigenvalue weighted by Crippen LogP contribution is -2.74. The molecule has 0 unspecified atom stereocenters. The predicted molar refractivity (Wildman–Crippen MR) is 53.1 cm³/mol. The molecule has 0 radical (unpaired) electrons. The number of benzene rings is 1. The lowest BCUT2D eigenvalue weighted by Gasteiger charge is -2.00. The van der Waals surface area contributed by atoms with Crippen LogP contribution in [0.15, 0.2) is 23.2 Å². The molecule has 1 aromatic carbocycles. The van der Waals surface area contributed by atoms with Crippen molar-refractivity contribution in [1.82, 2.24) is 0 Å². The van der Waals surface area contributed by atoms with Crippen LogP contribution < -0.4 is 10.1 Å². The third-order valence-corrected chi connectivity index (χ3v) is 1.71. The van der Waals surface area contributed by atoms with Gasteiger partial charge in [0.15, 0.2) is 23.5 Å². The summed E-state index contributed by atoms with van der Waals surface area (Å²) < 4.78 is 5.12. The summed E-state index contributed by atoms with van der Waals surface area (Å²) in [6.07, 6.45) is 1.78. The van der Waals surface area contributed by atoms with Gasteiger partial charge < -0.3 is 20.1 Å². The minimum atomic E-state index is -1.75. The second kappa shape index (κ2) is 4.91. The first-order valence-corrected chi connectivity index (χ1v) is 4.01. The van der Waals surface area contributed by atoms with E-state index in [9.17, 15) is 0 Å². The molecule has 80 valence electrons. The molecule has 0 saturated carbocycles. The van der Waals surface area contributed by atoms with Crippen LogP contribution in [0.3, 0.4) is 0 Å². The van der Waals surface area contributed by atoms with Crippen molar-refractivity contribution < 1.29 is 15.1 Å². The molecule has 0 amide bonds. The number of quaternary nitrogens is 1. The molecule has 2 N–H and O–H groups in total. The summed E-state index contributed by atoms with van der Waals surface area (Å²) in [6.45, 7) is 0. The Bertz CT molecular complexity index is 387. The Morgan fingerprint density at radius 3 is 2.73 bits per heavy atom. The van der Waals surface area contributed by atoms with Gasteiger partial charge in [0.25, 0.3) is 0 Å². The molecule has 0 spiro atoms. The van der Waals surface area contributed by atoms with Crippen molar-refractivity contribution in [3.8, 4) is 5.75 Å². The quantitative estimate of drug-likeness (QED) is 0.410. The van der Waals surface area contributed by atoms with Crippen LogP contribution in [0, 0.1) is 15.3 Å². The average Bonchev–Trinajstić information content (AvgIpc) is 2.63. The first kappa shape index (κ1) is 10.9. The summed E-state index contributed by atoms with van der Waals surface area (Å²) >= 11 is 0. The first-order valence-electron chi connectivity index (χ1n) is 4.01. The van der Waals surface area contributed by atoms with Crippen LogP contribution in [-0.4, -0.2) is 18.5 Å². The highest BCUT2D eigenvalue weighted by molar-refractivity contribution is 5.75. The number of hydrogen-bond donors (Lipinski definition) is 1. The fourth-order valence-corrected chi connectivity index (χ4v) is 1.17. The molecule has 1 aromatic rings. The van der Waals surface area contributed by atoms with E-state index in [-0.39, 0.29) is 0 Å². The number of nitrogens with two attached hydrogens (primary N) is 1. The van der Waals surface area contributed by atoms with Crippen molar-refractivity contribution in [3.05, 3.63) is 33.5 Å². The number of fused-ring (bicyclic) bond motifs is 1. The van der Waals surface area contributed by atoms with Gasteiger partial charge in [0.05, 0.1) is 12.2 Å². The second-order valence-corrected chi connectivity index (χ2v) is 2.57. The summed E-state index contributed by atoms with van der Waals surface area (Å²) in [4.78, 5) is 12.4. The number of hydrogen-bond acceptors (Lipinski definition) is 5. The molecule has 15 heavy (non-hydrogen) atoms. The molecule has 1 aliphatic rings. The maximum atomic E-state index is 8.25. The molecule has 0 aliphatic carbocycles. The summed E-state index contributed by atoms with van der Waals surface area (Å²) in [5.41, 5.74) is 2.07. The molecular formula is C8H9N3O4. The Morgan fingerprint density at radius 1 is 1.47 bits per heavy atom. The molecule has 1 aliphatic heterocycles. The monoisotopic (exact) mass is 211 g/mol. The first-order chi connectivity index (χ1) is 7.15. The van der Waals surface area contributed by atoms with Gasteiger partial charge >= 0.3 is 0 Å². The molecule has 7 heteroatoms. The summed E-state index contributed by atoms with van der Waals surface area (Å²) in [7, 11) is 1.66. The standard InChI is InChI=1S/C8H8N2O.NO3/c1-11-7-4-2-3-6-8(7)10-5-9-6;2-1(3)4/h2-5H,1H3,(H,9,10);/q;-1/p+1. The minimum Gasteiger partial charge on any atom is -0.494 e. The van der Waals surface area contributed by atoms with Crippen LogP contribution in [0.5, 0.6) is 5.75 Å². The molecule has 1 heterocycles. The van der Waals surface area contributed by atoms with Crippen molar-refractivity contribution in [1.29, 1.82) is 0 Å². The van der Waals surface area contributed by atoms with Crippen molar-refractivity contribution in [2.45, 2.75) is 0 Å². The zero-order chi connectivity index (χ0) is 11.3. The van der Waals surface area contributed by atoms with Crippen LogP contribution in [0.2, 0.25) is 0 Å². The van der Waals surface area contributed by atoms with E-state index in [1.165, 1.54) is 0 Å². The topological polar surface area (TPSA) is 104 Å². The van der Waals surface area contributed by atoms with Gasteiger partial charge in [0.1, 0.15) is 0 Å². The average molecular weight is 211 g/mol. The summed E-state index contributed by atoms with van der Waals surface area (Å²) in [5, 5.41) is 16.7. The van der Waals surface area contributed by atoms with Gasteiger partial charge in [-0.25, -0.2) is 0 Å². The second-order valence-electron chi connectivity index (χ2n) is 2.57. The van der Waals surface area contributed by atoms with Crippen molar-refractivity contribution in [2.75, 3.05) is 7.11 Å². The molecule has 0 fully saturated rings. The number of aliphatic imine (C=N–C) groups is 1. The van der Waals surface area contributed by atoms with Crippen molar-refractivity contribution in [2.24, 2.45) is 4.99 Å². The van der Waals surface area contributed by atoms with E-state index >= 15 is 0 Å². The smallest absolute Gasteiger partial charge is 0.192 e. The van der Waals surface area contributed by atoms with Crippen molar-refractivity contribution in [3.63, 3.8) is 0 Å². The Hall–Kier alpha value is -2.15. The number of nitrogens with zero attached hydrogens (tertiary/aromatic N) is 2. The van der Waals surface area contributed by atoms with Crippen molar-refractivity contribution >= 4 is 17.7 Å². The van der Waals surface area contributed by atoms with Crippen LogP contribution in [-0.2, 0) is 0 Å².